The lowest BCUT2D eigenvalue weighted by Crippen LogP contribution is -2.34. The van der Waals surface area contributed by atoms with Crippen LogP contribution in [0.3, 0.4) is 0 Å². The molecule has 1 heterocycles. The number of nitrogens with one attached hydrogen (secondary N) is 2. The van der Waals surface area contributed by atoms with Crippen LogP contribution in [-0.2, 0) is 6.42 Å². The van der Waals surface area contributed by atoms with Gasteiger partial charge in [0.05, 0.1) is 24.0 Å². The summed E-state index contributed by atoms with van der Waals surface area (Å²) in [6, 6.07) is 14.0. The van der Waals surface area contributed by atoms with Crippen LogP contribution >= 0.6 is 0 Å². The molecule has 146 valence electrons. The number of hydrogen-bond donors (Lipinski definition) is 3. The first-order chi connectivity index (χ1) is 13.4. The van der Waals surface area contributed by atoms with E-state index in [0.29, 0.717) is 17.3 Å². The lowest BCUT2D eigenvalue weighted by atomic mass is 9.94. The maximum absolute atomic E-state index is 13.0. The van der Waals surface area contributed by atoms with Crippen molar-refractivity contribution >= 4 is 5.91 Å². The fourth-order valence-corrected chi connectivity index (χ4v) is 4.39. The van der Waals surface area contributed by atoms with Crippen LogP contribution in [0.2, 0.25) is 0 Å². The topological polar surface area (TPSA) is 76.4 Å². The summed E-state index contributed by atoms with van der Waals surface area (Å²) in [4.78, 5) is 13.0. The first kappa shape index (κ1) is 18.4. The van der Waals surface area contributed by atoms with Crippen molar-refractivity contribution in [1.82, 2.24) is 10.6 Å². The van der Waals surface area contributed by atoms with E-state index in [0.717, 1.165) is 24.2 Å². The minimum Gasteiger partial charge on any atom is -0.490 e. The van der Waals surface area contributed by atoms with Gasteiger partial charge >= 0.3 is 0 Å². The Kier molecular flexibility index (Phi) is 4.75. The standard InChI is InChI=1S/C23H27N3O2/c1-13-10-16-6-4-5-7-18(16)22(13)26-23(27)17-8-9-21-19(12-17)20(25-15(3)24)11-14(2)28-21/h4-9,12-14,20,22,25H,3,10-11,24H2,1-2H3,(H,26,27)/t13-,14+,20+,22-/m0/s1. The number of benzene rings is 2. The van der Waals surface area contributed by atoms with E-state index < -0.39 is 0 Å². The predicted molar refractivity (Wildman–Crippen MR) is 110 cm³/mol. The summed E-state index contributed by atoms with van der Waals surface area (Å²) in [7, 11) is 0. The lowest BCUT2D eigenvalue weighted by Gasteiger charge is -2.32. The van der Waals surface area contributed by atoms with Gasteiger partial charge in [-0.2, -0.15) is 0 Å². The third kappa shape index (κ3) is 3.44. The summed E-state index contributed by atoms with van der Waals surface area (Å²) in [5.74, 6) is 1.50. The number of fused-ring (bicyclic) bond motifs is 2. The van der Waals surface area contributed by atoms with Gasteiger partial charge in [0, 0.05) is 17.5 Å². The van der Waals surface area contributed by atoms with Gasteiger partial charge in [0.2, 0.25) is 0 Å². The van der Waals surface area contributed by atoms with Crippen LogP contribution in [0.25, 0.3) is 0 Å². The molecule has 4 atom stereocenters. The summed E-state index contributed by atoms with van der Waals surface area (Å²) in [6.07, 6.45) is 1.82. The fourth-order valence-electron chi connectivity index (χ4n) is 4.39. The molecule has 2 aromatic carbocycles. The highest BCUT2D eigenvalue weighted by molar-refractivity contribution is 5.95. The number of ether oxygens (including phenoxy) is 1. The number of hydrogen-bond acceptors (Lipinski definition) is 4. The molecule has 5 nitrogen and oxygen atoms in total. The molecule has 4 N–H and O–H groups in total. The van der Waals surface area contributed by atoms with Crippen molar-refractivity contribution < 1.29 is 9.53 Å². The molecule has 1 amide bonds. The summed E-state index contributed by atoms with van der Waals surface area (Å²) in [5.41, 5.74) is 9.88. The van der Waals surface area contributed by atoms with E-state index in [1.807, 2.05) is 31.2 Å². The molecule has 2 aliphatic rings. The van der Waals surface area contributed by atoms with E-state index >= 15 is 0 Å². The summed E-state index contributed by atoms with van der Waals surface area (Å²) in [5, 5.41) is 6.43. The number of carbonyl (C=O) groups is 1. The molecule has 0 bridgehead atoms. The van der Waals surface area contributed by atoms with Crippen LogP contribution in [0.5, 0.6) is 5.75 Å². The van der Waals surface area contributed by atoms with E-state index in [1.54, 1.807) is 0 Å². The summed E-state index contributed by atoms with van der Waals surface area (Å²) in [6.45, 7) is 7.95. The maximum atomic E-state index is 13.0. The molecule has 28 heavy (non-hydrogen) atoms. The molecule has 2 aromatic rings. The van der Waals surface area contributed by atoms with Crippen LogP contribution in [0.1, 0.15) is 59.4 Å². The Morgan fingerprint density at radius 1 is 1.14 bits per heavy atom. The molecule has 0 fully saturated rings. The molecular weight excluding hydrogens is 350 g/mol. The molecule has 0 radical (unpaired) electrons. The normalized spacial score (nSPS) is 25.2. The van der Waals surface area contributed by atoms with Gasteiger partial charge < -0.3 is 21.1 Å². The van der Waals surface area contributed by atoms with E-state index in [9.17, 15) is 4.79 Å². The highest BCUT2D eigenvalue weighted by atomic mass is 16.5. The van der Waals surface area contributed by atoms with Crippen LogP contribution in [-0.4, -0.2) is 12.0 Å². The van der Waals surface area contributed by atoms with Crippen molar-refractivity contribution in [2.75, 3.05) is 0 Å². The van der Waals surface area contributed by atoms with Crippen molar-refractivity contribution in [2.24, 2.45) is 11.7 Å². The average Bonchev–Trinajstić information content (AvgIpc) is 2.96. The Balaban J connectivity index is 1.58. The minimum absolute atomic E-state index is 0.0184. The van der Waals surface area contributed by atoms with E-state index in [4.69, 9.17) is 10.5 Å². The molecule has 0 unspecified atom stereocenters. The third-order valence-electron chi connectivity index (χ3n) is 5.69. The SMILES string of the molecule is C=C(N)N[C@@H]1C[C@@H](C)Oc2ccc(C(=O)N[C@@H]3c4ccccc4C[C@@H]3C)cc21. The van der Waals surface area contributed by atoms with Crippen molar-refractivity contribution in [3.63, 3.8) is 0 Å². The van der Waals surface area contributed by atoms with Crippen LogP contribution in [0.15, 0.2) is 54.9 Å². The van der Waals surface area contributed by atoms with Gasteiger partial charge in [-0.25, -0.2) is 0 Å². The van der Waals surface area contributed by atoms with Crippen LogP contribution < -0.4 is 21.1 Å². The van der Waals surface area contributed by atoms with E-state index in [2.05, 4.69) is 42.3 Å². The summed E-state index contributed by atoms with van der Waals surface area (Å²) >= 11 is 0. The number of nitrogens with two attached hydrogens (primary N) is 1. The molecule has 4 rings (SSSR count). The van der Waals surface area contributed by atoms with Crippen molar-refractivity contribution in [3.8, 4) is 5.75 Å². The zero-order chi connectivity index (χ0) is 19.8. The van der Waals surface area contributed by atoms with Crippen molar-refractivity contribution in [1.29, 1.82) is 0 Å². The van der Waals surface area contributed by atoms with Crippen molar-refractivity contribution in [3.05, 3.63) is 77.1 Å². The minimum atomic E-state index is -0.0692. The highest BCUT2D eigenvalue weighted by Gasteiger charge is 2.31. The molecular formula is C23H27N3O2. The molecule has 1 aliphatic heterocycles. The van der Waals surface area contributed by atoms with Crippen LogP contribution in [0.4, 0.5) is 0 Å². The average molecular weight is 377 g/mol. The number of amides is 1. The monoisotopic (exact) mass is 377 g/mol. The zero-order valence-corrected chi connectivity index (χ0v) is 16.4. The van der Waals surface area contributed by atoms with Gasteiger partial charge in [0.15, 0.2) is 0 Å². The third-order valence-corrected chi connectivity index (χ3v) is 5.69. The largest absolute Gasteiger partial charge is 0.490 e. The van der Waals surface area contributed by atoms with E-state index in [1.165, 1.54) is 11.1 Å². The Hall–Kier alpha value is -2.95. The molecule has 0 spiro atoms. The predicted octanol–water partition coefficient (Wildman–Crippen LogP) is 3.58. The molecule has 0 saturated heterocycles. The van der Waals surface area contributed by atoms with Gasteiger partial charge in [0.25, 0.3) is 5.91 Å². The Morgan fingerprint density at radius 3 is 2.71 bits per heavy atom. The number of carbonyl (C=O) groups excluding carboxylic acids is 1. The molecule has 5 heteroatoms. The first-order valence-electron chi connectivity index (χ1n) is 9.82. The van der Waals surface area contributed by atoms with Gasteiger partial charge in [-0.15, -0.1) is 0 Å². The quantitative estimate of drug-likeness (QED) is 0.761. The number of rotatable bonds is 4. The Bertz CT molecular complexity index is 924. The van der Waals surface area contributed by atoms with Gasteiger partial charge in [-0.05, 0) is 48.6 Å². The van der Waals surface area contributed by atoms with E-state index in [-0.39, 0.29) is 24.1 Å². The fraction of sp³-hybridized carbons (Fsp3) is 0.348. The van der Waals surface area contributed by atoms with Gasteiger partial charge in [-0.3, -0.25) is 4.79 Å². The second kappa shape index (κ2) is 7.23. The molecule has 1 aliphatic carbocycles. The Morgan fingerprint density at radius 2 is 1.93 bits per heavy atom. The second-order valence-corrected chi connectivity index (χ2v) is 7.97. The molecule has 0 saturated carbocycles. The Labute approximate surface area is 166 Å². The lowest BCUT2D eigenvalue weighted by molar-refractivity contribution is 0.0926. The zero-order valence-electron chi connectivity index (χ0n) is 16.4. The van der Waals surface area contributed by atoms with Gasteiger partial charge in [-0.1, -0.05) is 37.8 Å². The molecule has 0 aromatic heterocycles. The smallest absolute Gasteiger partial charge is 0.251 e. The highest BCUT2D eigenvalue weighted by Crippen LogP contribution is 2.37. The van der Waals surface area contributed by atoms with Crippen LogP contribution in [0, 0.1) is 5.92 Å². The van der Waals surface area contributed by atoms with Crippen molar-refractivity contribution in [2.45, 2.75) is 44.9 Å². The second-order valence-electron chi connectivity index (χ2n) is 7.97. The maximum Gasteiger partial charge on any atom is 0.251 e. The summed E-state index contributed by atoms with van der Waals surface area (Å²) < 4.78 is 5.93. The van der Waals surface area contributed by atoms with Gasteiger partial charge in [0.1, 0.15) is 5.75 Å². The first-order valence-corrected chi connectivity index (χ1v) is 9.82.